The molecule has 1 fully saturated rings. The summed E-state index contributed by atoms with van der Waals surface area (Å²) in [4.78, 5) is 28.2. The number of sulfonamides is 1. The molecule has 1 saturated carbocycles. The van der Waals surface area contributed by atoms with E-state index < -0.39 is 70.5 Å². The summed E-state index contributed by atoms with van der Waals surface area (Å²) in [6.07, 6.45) is 8.65. The fraction of sp³-hybridized carbons (Fsp3) is 0.647. The molecule has 0 heterocycles. The number of halogens is 3. The molecule has 0 radical (unpaired) electrons. The molecule has 2 amide bonds. The third kappa shape index (κ3) is 14.5. The highest BCUT2D eigenvalue weighted by molar-refractivity contribution is 7.89. The second-order valence-electron chi connectivity index (χ2n) is 12.6. The topological polar surface area (TPSA) is 139 Å². The Labute approximate surface area is 282 Å². The fourth-order valence-corrected chi connectivity index (χ4v) is 7.21. The maximum absolute atomic E-state index is 13.7. The Kier molecular flexibility index (Phi) is 16.9. The predicted octanol–water partition coefficient (Wildman–Crippen LogP) is 2.31. The summed E-state index contributed by atoms with van der Waals surface area (Å²) in [6.45, 7) is -1.65. The number of terminal acetylenes is 2. The van der Waals surface area contributed by atoms with Gasteiger partial charge in [-0.2, -0.15) is 13.2 Å². The SMILES string of the molecule is C#CC[C@H](NC(=O)[C@H](Cc1ccccc1)CS(=O)(=O)N(C)CCN(C)CC(F)(F)F)C(=O)NC(CC1CCCCC1)[C@@H](O)[C@@H](O)CC#C. The van der Waals surface area contributed by atoms with Gasteiger partial charge in [-0.05, 0) is 31.4 Å². The molecule has 10 nitrogen and oxygen atoms in total. The highest BCUT2D eigenvalue weighted by Crippen LogP contribution is 2.29. The molecular weight excluding hydrogens is 649 g/mol. The minimum Gasteiger partial charge on any atom is -0.389 e. The highest BCUT2D eigenvalue weighted by Gasteiger charge is 2.35. The van der Waals surface area contributed by atoms with Crippen molar-refractivity contribution in [2.45, 2.75) is 88.3 Å². The van der Waals surface area contributed by atoms with Crippen molar-refractivity contribution in [2.75, 3.05) is 39.5 Å². The molecule has 0 spiro atoms. The molecule has 5 atom stereocenters. The number of nitrogens with one attached hydrogen (secondary N) is 2. The van der Waals surface area contributed by atoms with Crippen LogP contribution in [0.25, 0.3) is 0 Å². The molecule has 1 aliphatic rings. The quantitative estimate of drug-likeness (QED) is 0.163. The normalized spacial score (nSPS) is 17.5. The number of benzene rings is 1. The van der Waals surface area contributed by atoms with Crippen LogP contribution in [0.15, 0.2) is 30.3 Å². The van der Waals surface area contributed by atoms with Gasteiger partial charge in [-0.15, -0.1) is 24.7 Å². The van der Waals surface area contributed by atoms with E-state index in [0.29, 0.717) is 12.0 Å². The van der Waals surface area contributed by atoms with Crippen molar-refractivity contribution in [1.29, 1.82) is 0 Å². The van der Waals surface area contributed by atoms with Gasteiger partial charge < -0.3 is 20.8 Å². The van der Waals surface area contributed by atoms with E-state index in [1.54, 1.807) is 30.3 Å². The van der Waals surface area contributed by atoms with Gasteiger partial charge in [0.1, 0.15) is 12.1 Å². The van der Waals surface area contributed by atoms with Crippen molar-refractivity contribution in [1.82, 2.24) is 19.8 Å². The highest BCUT2D eigenvalue weighted by atomic mass is 32.2. The van der Waals surface area contributed by atoms with E-state index in [9.17, 15) is 41.4 Å². The van der Waals surface area contributed by atoms with Crippen LogP contribution < -0.4 is 10.6 Å². The lowest BCUT2D eigenvalue weighted by Crippen LogP contribution is -2.56. The van der Waals surface area contributed by atoms with Crippen molar-refractivity contribution in [2.24, 2.45) is 11.8 Å². The van der Waals surface area contributed by atoms with Gasteiger partial charge in [-0.3, -0.25) is 14.5 Å². The van der Waals surface area contributed by atoms with Gasteiger partial charge in [0.05, 0.1) is 30.4 Å². The Morgan fingerprint density at radius 3 is 2.19 bits per heavy atom. The number of aliphatic hydroxyl groups excluding tert-OH is 2. The predicted molar refractivity (Wildman–Crippen MR) is 178 cm³/mol. The Morgan fingerprint density at radius 1 is 0.979 bits per heavy atom. The summed E-state index contributed by atoms with van der Waals surface area (Å²) in [5.41, 5.74) is 0.650. The lowest BCUT2D eigenvalue weighted by atomic mass is 9.82. The van der Waals surface area contributed by atoms with Gasteiger partial charge in [0.25, 0.3) is 0 Å². The van der Waals surface area contributed by atoms with Crippen LogP contribution in [-0.4, -0.2) is 110 Å². The van der Waals surface area contributed by atoms with E-state index in [2.05, 4.69) is 22.5 Å². The summed E-state index contributed by atoms with van der Waals surface area (Å²) in [5, 5.41) is 26.7. The summed E-state index contributed by atoms with van der Waals surface area (Å²) >= 11 is 0. The zero-order valence-corrected chi connectivity index (χ0v) is 28.5. The first kappa shape index (κ1) is 41.0. The molecule has 1 aromatic carbocycles. The number of alkyl halides is 3. The maximum Gasteiger partial charge on any atom is 0.401 e. The largest absolute Gasteiger partial charge is 0.401 e. The Bertz CT molecular complexity index is 1340. The van der Waals surface area contributed by atoms with E-state index in [1.165, 1.54) is 14.1 Å². The number of aliphatic hydroxyl groups is 2. The van der Waals surface area contributed by atoms with Crippen molar-refractivity contribution in [3.8, 4) is 24.7 Å². The van der Waals surface area contributed by atoms with Crippen LogP contribution in [0.2, 0.25) is 0 Å². The molecule has 4 N–H and O–H groups in total. The molecule has 0 aromatic heterocycles. The average molecular weight is 699 g/mol. The monoisotopic (exact) mass is 698 g/mol. The molecule has 48 heavy (non-hydrogen) atoms. The lowest BCUT2D eigenvalue weighted by Gasteiger charge is -2.33. The summed E-state index contributed by atoms with van der Waals surface area (Å²) < 4.78 is 65.8. The van der Waals surface area contributed by atoms with E-state index in [0.717, 1.165) is 41.3 Å². The smallest absolute Gasteiger partial charge is 0.389 e. The molecule has 268 valence electrons. The first-order chi connectivity index (χ1) is 22.6. The molecule has 0 bridgehead atoms. The number of rotatable bonds is 19. The van der Waals surface area contributed by atoms with Crippen LogP contribution >= 0.6 is 0 Å². The van der Waals surface area contributed by atoms with Gasteiger partial charge in [0, 0.05) is 33.0 Å². The zero-order valence-electron chi connectivity index (χ0n) is 27.7. The van der Waals surface area contributed by atoms with Gasteiger partial charge >= 0.3 is 6.18 Å². The van der Waals surface area contributed by atoms with Crippen molar-refractivity contribution < 1.29 is 41.4 Å². The lowest BCUT2D eigenvalue weighted by molar-refractivity contribution is -0.143. The third-order valence-corrected chi connectivity index (χ3v) is 10.5. The number of likely N-dealkylation sites (N-methyl/N-ethyl adjacent to an activating group) is 2. The van der Waals surface area contributed by atoms with Gasteiger partial charge in [0.2, 0.25) is 21.8 Å². The third-order valence-electron chi connectivity index (χ3n) is 8.56. The molecule has 0 saturated heterocycles. The van der Waals surface area contributed by atoms with Gasteiger partial charge in [-0.25, -0.2) is 12.7 Å². The number of carbonyl (C=O) groups excluding carboxylic acids is 2. The Hall–Kier alpha value is -3.14. The van der Waals surface area contributed by atoms with Crippen LogP contribution in [0.5, 0.6) is 0 Å². The van der Waals surface area contributed by atoms with E-state index >= 15 is 0 Å². The van der Waals surface area contributed by atoms with E-state index in [4.69, 9.17) is 12.8 Å². The Balaban J connectivity index is 2.24. The van der Waals surface area contributed by atoms with E-state index in [-0.39, 0.29) is 38.3 Å². The number of amides is 2. The second-order valence-corrected chi connectivity index (χ2v) is 14.8. The van der Waals surface area contributed by atoms with Crippen LogP contribution in [-0.2, 0) is 26.0 Å². The van der Waals surface area contributed by atoms with Crippen LogP contribution in [0, 0.1) is 36.5 Å². The van der Waals surface area contributed by atoms with Crippen molar-refractivity contribution >= 4 is 21.8 Å². The molecule has 1 unspecified atom stereocenters. The van der Waals surface area contributed by atoms with Gasteiger partial charge in [-0.1, -0.05) is 62.4 Å². The minimum atomic E-state index is -4.44. The fourth-order valence-electron chi connectivity index (χ4n) is 5.82. The minimum absolute atomic E-state index is 0.0145. The number of hydrogen-bond acceptors (Lipinski definition) is 7. The summed E-state index contributed by atoms with van der Waals surface area (Å²) in [5.74, 6) is 1.51. The molecule has 1 aliphatic carbocycles. The van der Waals surface area contributed by atoms with Crippen LogP contribution in [0.3, 0.4) is 0 Å². The molecule has 2 rings (SSSR count). The standard InChI is InChI=1S/C34H49F3N4O6S/c1-5-13-28(33(45)39-29(31(43)30(42)14-6-2)22-26-17-11-8-12-18-26)38-32(44)27(21-25-15-9-7-10-16-25)23-48(46,47)41(4)20-19-40(3)24-34(35,36)37/h1-2,7,9-10,15-16,26-31,42-43H,8,11-14,17-24H2,3-4H3,(H,38,44)(H,39,45)/t27-,28+,29?,30+,31-/m1/s1. The molecule has 0 aliphatic heterocycles. The van der Waals surface area contributed by atoms with E-state index in [1.807, 2.05) is 0 Å². The summed E-state index contributed by atoms with van der Waals surface area (Å²) in [6, 6.07) is 6.46. The summed E-state index contributed by atoms with van der Waals surface area (Å²) in [7, 11) is -1.69. The second kappa shape index (κ2) is 19.8. The van der Waals surface area contributed by atoms with Crippen LogP contribution in [0.1, 0.15) is 56.9 Å². The first-order valence-electron chi connectivity index (χ1n) is 16.1. The van der Waals surface area contributed by atoms with Crippen molar-refractivity contribution in [3.63, 3.8) is 0 Å². The first-order valence-corrected chi connectivity index (χ1v) is 17.7. The Morgan fingerprint density at radius 2 is 1.60 bits per heavy atom. The van der Waals surface area contributed by atoms with Gasteiger partial charge in [0.15, 0.2) is 0 Å². The maximum atomic E-state index is 13.7. The number of hydrogen-bond donors (Lipinski definition) is 4. The van der Waals surface area contributed by atoms with Crippen molar-refractivity contribution in [3.05, 3.63) is 35.9 Å². The zero-order chi connectivity index (χ0) is 35.9. The molecule has 1 aromatic rings. The van der Waals surface area contributed by atoms with Crippen LogP contribution in [0.4, 0.5) is 13.2 Å². The number of carbonyl (C=O) groups is 2. The average Bonchev–Trinajstić information content (AvgIpc) is 3.02. The molecule has 14 heteroatoms. The molecular formula is C34H49F3N4O6S. The number of nitrogens with zero attached hydrogens (tertiary/aromatic N) is 2.